The number of nitrogens with zero attached hydrogens (tertiary/aromatic N) is 2. The third-order valence-corrected chi connectivity index (χ3v) is 7.83. The molecule has 1 fully saturated rings. The highest BCUT2D eigenvalue weighted by atomic mass is 19.4. The second-order valence-electron chi connectivity index (χ2n) is 10.7. The molecule has 0 bridgehead atoms. The molecule has 2 aliphatic heterocycles. The second kappa shape index (κ2) is 12.0. The van der Waals surface area contributed by atoms with Gasteiger partial charge < -0.3 is 15.4 Å². The van der Waals surface area contributed by atoms with Crippen molar-refractivity contribution >= 4 is 18.2 Å². The number of rotatable bonds is 9. The van der Waals surface area contributed by atoms with Crippen LogP contribution in [-0.4, -0.2) is 54.8 Å². The van der Waals surface area contributed by atoms with Crippen LogP contribution in [0.5, 0.6) is 0 Å². The molecule has 3 atom stereocenters. The number of amides is 2. The van der Waals surface area contributed by atoms with Crippen molar-refractivity contribution in [2.45, 2.75) is 62.6 Å². The molecule has 0 radical (unpaired) electrons. The molecule has 4 rings (SSSR count). The highest BCUT2D eigenvalue weighted by molar-refractivity contribution is 5.95. The quantitative estimate of drug-likeness (QED) is 0.388. The van der Waals surface area contributed by atoms with Gasteiger partial charge in [-0.3, -0.25) is 19.5 Å². The number of ether oxygens (including phenoxy) is 1. The van der Waals surface area contributed by atoms with Crippen LogP contribution >= 0.6 is 0 Å². The molecule has 2 aromatic carbocycles. The van der Waals surface area contributed by atoms with Crippen LogP contribution in [0.2, 0.25) is 0 Å². The number of piperidine rings is 1. The van der Waals surface area contributed by atoms with Crippen LogP contribution in [0.3, 0.4) is 0 Å². The van der Waals surface area contributed by atoms with Gasteiger partial charge in [-0.1, -0.05) is 30.3 Å². The maximum absolute atomic E-state index is 13.4. The molecule has 2 amide bonds. The molecule has 1 saturated heterocycles. The molecule has 0 saturated carbocycles. The average Bonchev–Trinajstić information content (AvgIpc) is 3.38. The lowest BCUT2D eigenvalue weighted by Crippen LogP contribution is -2.65. The highest BCUT2D eigenvalue weighted by Crippen LogP contribution is 2.41. The Morgan fingerprint density at radius 1 is 1.07 bits per heavy atom. The third-order valence-electron chi connectivity index (χ3n) is 7.83. The number of aliphatic imine (C=N–C) groups is 1. The van der Waals surface area contributed by atoms with E-state index in [-0.39, 0.29) is 49.6 Å². The summed E-state index contributed by atoms with van der Waals surface area (Å²) in [6.07, 6.45) is -8.93. The Labute approximate surface area is 239 Å². The van der Waals surface area contributed by atoms with Crippen LogP contribution in [-0.2, 0) is 32.2 Å². The highest BCUT2D eigenvalue weighted by Gasteiger charge is 2.50. The summed E-state index contributed by atoms with van der Waals surface area (Å²) in [5.74, 6) is -0.488. The molecular formula is C29H32F6N4O3. The van der Waals surface area contributed by atoms with E-state index in [9.17, 15) is 35.9 Å². The molecule has 0 spiro atoms. The predicted octanol–water partition coefficient (Wildman–Crippen LogP) is 5.22. The predicted molar refractivity (Wildman–Crippen MR) is 142 cm³/mol. The van der Waals surface area contributed by atoms with E-state index < -0.39 is 40.7 Å². The first-order valence-electron chi connectivity index (χ1n) is 13.5. The molecule has 13 heteroatoms. The van der Waals surface area contributed by atoms with Gasteiger partial charge in [-0.25, -0.2) is 0 Å². The summed E-state index contributed by atoms with van der Waals surface area (Å²) >= 11 is 0. The first kappa shape index (κ1) is 31.5. The maximum Gasteiger partial charge on any atom is 0.416 e. The molecule has 7 nitrogen and oxygen atoms in total. The normalized spacial score (nSPS) is 23.7. The van der Waals surface area contributed by atoms with Gasteiger partial charge in [0.1, 0.15) is 6.54 Å². The summed E-state index contributed by atoms with van der Waals surface area (Å²) in [7, 11) is 0. The lowest BCUT2D eigenvalue weighted by atomic mass is 9.74. The Morgan fingerprint density at radius 3 is 2.21 bits per heavy atom. The van der Waals surface area contributed by atoms with Crippen molar-refractivity contribution in [2.75, 3.05) is 26.2 Å². The Morgan fingerprint density at radius 2 is 1.71 bits per heavy atom. The van der Waals surface area contributed by atoms with Crippen LogP contribution in [0.15, 0.2) is 53.5 Å². The number of benzene rings is 2. The minimum absolute atomic E-state index is 0.0121. The summed E-state index contributed by atoms with van der Waals surface area (Å²) in [4.78, 5) is 30.9. The van der Waals surface area contributed by atoms with Gasteiger partial charge >= 0.3 is 12.4 Å². The SMILES string of the molecule is CCNC(=O)C[C@]1(N2C=NCC2=O)CC[C@@](CO[C@H](C)c2cc(C(F)(F)F)cc(C(F)(F)F)c2)(c2ccccc2)NC1. The van der Waals surface area contributed by atoms with E-state index in [0.29, 0.717) is 31.5 Å². The fourth-order valence-corrected chi connectivity index (χ4v) is 5.47. The van der Waals surface area contributed by atoms with Crippen molar-refractivity contribution < 1.29 is 40.7 Å². The number of alkyl halides is 6. The van der Waals surface area contributed by atoms with E-state index in [0.717, 1.165) is 5.56 Å². The molecule has 2 N–H and O–H groups in total. The average molecular weight is 599 g/mol. The first-order valence-corrected chi connectivity index (χ1v) is 13.5. The molecule has 228 valence electrons. The summed E-state index contributed by atoms with van der Waals surface area (Å²) in [6, 6.07) is 10.5. The van der Waals surface area contributed by atoms with E-state index in [1.807, 2.05) is 18.2 Å². The molecule has 0 aromatic heterocycles. The molecule has 0 unspecified atom stereocenters. The van der Waals surface area contributed by atoms with Gasteiger partial charge in [-0.2, -0.15) is 26.3 Å². The first-order chi connectivity index (χ1) is 19.7. The van der Waals surface area contributed by atoms with Crippen LogP contribution in [0, 0.1) is 0 Å². The number of nitrogens with one attached hydrogen (secondary N) is 2. The van der Waals surface area contributed by atoms with Crippen molar-refractivity contribution in [1.29, 1.82) is 0 Å². The molecular weight excluding hydrogens is 566 g/mol. The lowest BCUT2D eigenvalue weighted by Gasteiger charge is -2.50. The number of halogens is 6. The van der Waals surface area contributed by atoms with Crippen molar-refractivity contribution in [2.24, 2.45) is 4.99 Å². The van der Waals surface area contributed by atoms with Gasteiger partial charge in [0.25, 0.3) is 0 Å². The topological polar surface area (TPSA) is 83.0 Å². The van der Waals surface area contributed by atoms with Crippen molar-refractivity contribution in [3.8, 4) is 0 Å². The van der Waals surface area contributed by atoms with E-state index in [2.05, 4.69) is 15.6 Å². The van der Waals surface area contributed by atoms with Crippen LogP contribution in [0.25, 0.3) is 0 Å². The van der Waals surface area contributed by atoms with Gasteiger partial charge in [0, 0.05) is 13.1 Å². The summed E-state index contributed by atoms with van der Waals surface area (Å²) in [5, 5.41) is 6.21. The van der Waals surface area contributed by atoms with Crippen LogP contribution in [0.1, 0.15) is 61.5 Å². The van der Waals surface area contributed by atoms with E-state index in [4.69, 9.17) is 4.74 Å². The molecule has 42 heavy (non-hydrogen) atoms. The Hall–Kier alpha value is -3.45. The van der Waals surface area contributed by atoms with Crippen molar-refractivity contribution in [3.05, 3.63) is 70.8 Å². The number of hydrogen-bond donors (Lipinski definition) is 2. The Kier molecular flexibility index (Phi) is 9.02. The minimum Gasteiger partial charge on any atom is -0.372 e. The van der Waals surface area contributed by atoms with Gasteiger partial charge in [0.15, 0.2) is 0 Å². The molecule has 2 aromatic rings. The summed E-state index contributed by atoms with van der Waals surface area (Å²) in [6.45, 7) is 3.63. The van der Waals surface area contributed by atoms with Gasteiger partial charge in [0.2, 0.25) is 11.8 Å². The summed E-state index contributed by atoms with van der Waals surface area (Å²) in [5.41, 5.74) is -4.14. The number of hydrogen-bond acceptors (Lipinski definition) is 5. The standard InChI is InChI=1S/C29H32F6N4O3/c1-3-37-24(40)14-26(39-18-36-15-25(39)41)9-10-27(38-16-26,21-7-5-4-6-8-21)17-42-19(2)20-11-22(28(30,31)32)13-23(12-20)29(33,34)35/h4-8,11-13,18-19,38H,3,9-10,14-17H2,1-2H3,(H,37,40)/t19-,26-,27-/m1/s1. The number of carbonyl (C=O) groups excluding carboxylic acids is 2. The smallest absolute Gasteiger partial charge is 0.372 e. The van der Waals surface area contributed by atoms with Gasteiger partial charge in [-0.15, -0.1) is 0 Å². The van der Waals surface area contributed by atoms with Gasteiger partial charge in [-0.05, 0) is 56.0 Å². The fourth-order valence-electron chi connectivity index (χ4n) is 5.47. The zero-order valence-electron chi connectivity index (χ0n) is 23.1. The Balaban J connectivity index is 1.62. The summed E-state index contributed by atoms with van der Waals surface area (Å²) < 4.78 is 86.7. The molecule has 2 aliphatic rings. The van der Waals surface area contributed by atoms with E-state index in [1.165, 1.54) is 18.2 Å². The zero-order valence-corrected chi connectivity index (χ0v) is 23.1. The van der Waals surface area contributed by atoms with Crippen LogP contribution in [0.4, 0.5) is 26.3 Å². The maximum atomic E-state index is 13.4. The molecule has 0 aliphatic carbocycles. The number of carbonyl (C=O) groups is 2. The van der Waals surface area contributed by atoms with Crippen molar-refractivity contribution in [1.82, 2.24) is 15.5 Å². The largest absolute Gasteiger partial charge is 0.416 e. The van der Waals surface area contributed by atoms with Gasteiger partial charge in [0.05, 0.1) is 47.7 Å². The van der Waals surface area contributed by atoms with E-state index in [1.54, 1.807) is 19.1 Å². The minimum atomic E-state index is -4.98. The van der Waals surface area contributed by atoms with Crippen LogP contribution < -0.4 is 10.6 Å². The Bertz CT molecular complexity index is 1270. The third kappa shape index (κ3) is 6.78. The van der Waals surface area contributed by atoms with E-state index >= 15 is 0 Å². The fraction of sp³-hybridized carbons (Fsp3) is 0.483. The van der Waals surface area contributed by atoms with Crippen molar-refractivity contribution in [3.63, 3.8) is 0 Å². The monoisotopic (exact) mass is 598 g/mol. The lowest BCUT2D eigenvalue weighted by molar-refractivity contribution is -0.143. The second-order valence-corrected chi connectivity index (χ2v) is 10.7. The zero-order chi connectivity index (χ0) is 30.8. The molecule has 2 heterocycles.